The SMILES string of the molecule is CCc1c(C(=O)OC(C)(C)C)[nH]c(CNc2ccc(OC)cc2)c1C(=O)NCc1nc(C)c[nH]1.O=C(O)C(F)(F)F.O=C(O)C(F)(F)F. The zero-order valence-corrected chi connectivity index (χ0v) is 26.6. The summed E-state index contributed by atoms with van der Waals surface area (Å²) >= 11 is 0. The molecule has 0 atom stereocenters. The third-order valence-corrected chi connectivity index (χ3v) is 5.58. The number of esters is 1. The Morgan fingerprint density at radius 1 is 0.917 bits per heavy atom. The van der Waals surface area contributed by atoms with Gasteiger partial charge in [0.1, 0.15) is 22.9 Å². The van der Waals surface area contributed by atoms with Gasteiger partial charge in [-0.3, -0.25) is 4.79 Å². The molecule has 0 aliphatic carbocycles. The number of H-pyrrole nitrogens is 2. The molecule has 0 saturated carbocycles. The highest BCUT2D eigenvalue weighted by molar-refractivity contribution is 6.01. The number of halogens is 6. The summed E-state index contributed by atoms with van der Waals surface area (Å²) < 4.78 is 74.3. The van der Waals surface area contributed by atoms with Crippen molar-refractivity contribution >= 4 is 29.5 Å². The molecule has 0 saturated heterocycles. The normalized spacial score (nSPS) is 11.2. The molecular formula is C29H35F6N5O8. The van der Waals surface area contributed by atoms with E-state index in [2.05, 4.69) is 25.6 Å². The van der Waals surface area contributed by atoms with Gasteiger partial charge in [-0.25, -0.2) is 19.4 Å². The van der Waals surface area contributed by atoms with E-state index >= 15 is 0 Å². The van der Waals surface area contributed by atoms with Gasteiger partial charge in [-0.05, 0) is 63.9 Å². The first kappa shape index (κ1) is 40.8. The third kappa shape index (κ3) is 13.6. The predicted octanol–water partition coefficient (Wildman–Crippen LogP) is 5.38. The average Bonchev–Trinajstić information content (AvgIpc) is 3.56. The van der Waals surface area contributed by atoms with Gasteiger partial charge >= 0.3 is 30.3 Å². The highest BCUT2D eigenvalue weighted by Gasteiger charge is 2.39. The minimum absolute atomic E-state index is 0.244. The molecule has 0 bridgehead atoms. The number of aromatic amines is 2. The molecule has 2 aromatic heterocycles. The van der Waals surface area contributed by atoms with Gasteiger partial charge in [0.05, 0.1) is 31.5 Å². The molecule has 48 heavy (non-hydrogen) atoms. The number of nitrogens with one attached hydrogen (secondary N) is 4. The fourth-order valence-corrected chi connectivity index (χ4v) is 3.57. The van der Waals surface area contributed by atoms with Crippen LogP contribution in [0, 0.1) is 6.92 Å². The van der Waals surface area contributed by atoms with Crippen molar-refractivity contribution in [3.8, 4) is 5.75 Å². The molecule has 0 fully saturated rings. The number of carbonyl (C=O) groups excluding carboxylic acids is 2. The largest absolute Gasteiger partial charge is 0.497 e. The number of imidazole rings is 1. The van der Waals surface area contributed by atoms with Crippen LogP contribution in [0.3, 0.4) is 0 Å². The van der Waals surface area contributed by atoms with Crippen LogP contribution >= 0.6 is 0 Å². The van der Waals surface area contributed by atoms with Crippen LogP contribution in [0.1, 0.15) is 71.3 Å². The minimum Gasteiger partial charge on any atom is -0.497 e. The lowest BCUT2D eigenvalue weighted by atomic mass is 10.0. The minimum atomic E-state index is -5.08. The zero-order chi connectivity index (χ0) is 37.0. The summed E-state index contributed by atoms with van der Waals surface area (Å²) in [5.74, 6) is -4.89. The van der Waals surface area contributed by atoms with E-state index in [1.807, 2.05) is 58.9 Å². The predicted molar refractivity (Wildman–Crippen MR) is 158 cm³/mol. The van der Waals surface area contributed by atoms with Crippen molar-refractivity contribution in [3.63, 3.8) is 0 Å². The number of aryl methyl sites for hydroxylation is 1. The molecule has 0 unspecified atom stereocenters. The van der Waals surface area contributed by atoms with Crippen molar-refractivity contribution in [1.29, 1.82) is 0 Å². The van der Waals surface area contributed by atoms with Crippen LogP contribution in [-0.2, 0) is 33.8 Å². The number of ether oxygens (including phenoxy) is 2. The average molecular weight is 696 g/mol. The number of anilines is 1. The molecule has 266 valence electrons. The third-order valence-electron chi connectivity index (χ3n) is 5.58. The van der Waals surface area contributed by atoms with Gasteiger partial charge < -0.3 is 40.3 Å². The van der Waals surface area contributed by atoms with Crippen molar-refractivity contribution in [1.82, 2.24) is 20.3 Å². The maximum absolute atomic E-state index is 13.3. The van der Waals surface area contributed by atoms with Gasteiger partial charge in [-0.2, -0.15) is 26.3 Å². The summed E-state index contributed by atoms with van der Waals surface area (Å²) in [5.41, 5.74) is 2.99. The second-order valence-electron chi connectivity index (χ2n) is 10.5. The molecule has 0 radical (unpaired) electrons. The summed E-state index contributed by atoms with van der Waals surface area (Å²) in [6.07, 6.45) is -7.91. The number of nitrogens with zero attached hydrogens (tertiary/aromatic N) is 1. The van der Waals surface area contributed by atoms with E-state index in [1.165, 1.54) is 0 Å². The second-order valence-corrected chi connectivity index (χ2v) is 10.5. The van der Waals surface area contributed by atoms with Gasteiger partial charge in [0, 0.05) is 17.6 Å². The summed E-state index contributed by atoms with van der Waals surface area (Å²) in [7, 11) is 1.61. The van der Waals surface area contributed by atoms with E-state index in [0.29, 0.717) is 41.3 Å². The Bertz CT molecular complexity index is 1520. The van der Waals surface area contributed by atoms with Crippen molar-refractivity contribution < 1.29 is 65.2 Å². The van der Waals surface area contributed by atoms with Crippen molar-refractivity contribution in [2.75, 3.05) is 12.4 Å². The van der Waals surface area contributed by atoms with Crippen LogP contribution in [0.4, 0.5) is 32.0 Å². The van der Waals surface area contributed by atoms with Crippen LogP contribution in [0.15, 0.2) is 30.5 Å². The summed E-state index contributed by atoms with van der Waals surface area (Å²) in [6, 6.07) is 7.46. The van der Waals surface area contributed by atoms with Crippen molar-refractivity contribution in [2.24, 2.45) is 0 Å². The Morgan fingerprint density at radius 2 is 1.44 bits per heavy atom. The van der Waals surface area contributed by atoms with Crippen LogP contribution in [0.2, 0.25) is 0 Å². The molecule has 0 aliphatic heterocycles. The molecular weight excluding hydrogens is 660 g/mol. The molecule has 13 nitrogen and oxygen atoms in total. The lowest BCUT2D eigenvalue weighted by molar-refractivity contribution is -0.193. The topological polar surface area (TPSA) is 196 Å². The maximum atomic E-state index is 13.3. The number of amides is 1. The van der Waals surface area contributed by atoms with Gasteiger partial charge in [-0.15, -0.1) is 0 Å². The van der Waals surface area contributed by atoms with Gasteiger partial charge in [-0.1, -0.05) is 6.92 Å². The molecule has 19 heteroatoms. The number of methoxy groups -OCH3 is 1. The van der Waals surface area contributed by atoms with E-state index in [0.717, 1.165) is 17.1 Å². The van der Waals surface area contributed by atoms with E-state index in [-0.39, 0.29) is 12.5 Å². The smallest absolute Gasteiger partial charge is 0.490 e. The standard InChI is InChI=1S/C25H33N5O4.2C2HF3O2/c1-7-18-21(23(31)28-14-20-27-12-15(2)29-20)19(30-22(18)24(32)34-25(3,4)5)13-26-16-8-10-17(33-6)11-9-16;2*3-2(4,5)1(6)7/h8-12,26,30H,7,13-14H2,1-6H3,(H,27,29)(H,28,31);2*(H,6,7). The molecule has 2 heterocycles. The Morgan fingerprint density at radius 3 is 1.83 bits per heavy atom. The fraction of sp³-hybridized carbons (Fsp3) is 0.414. The Labute approximate surface area is 270 Å². The molecule has 1 amide bonds. The first-order valence-corrected chi connectivity index (χ1v) is 13.7. The van der Waals surface area contributed by atoms with E-state index < -0.39 is 35.9 Å². The summed E-state index contributed by atoms with van der Waals surface area (Å²) in [4.78, 5) is 54.5. The number of rotatable bonds is 9. The van der Waals surface area contributed by atoms with Gasteiger partial charge in [0.15, 0.2) is 0 Å². The molecule has 0 spiro atoms. The summed E-state index contributed by atoms with van der Waals surface area (Å²) in [5, 5.41) is 20.5. The number of carbonyl (C=O) groups is 4. The Kier molecular flexibility index (Phi) is 14.5. The number of aliphatic carboxylic acids is 2. The number of carboxylic acid groups (broad SMARTS) is 2. The molecule has 0 aliphatic rings. The van der Waals surface area contributed by atoms with Crippen LogP contribution in [-0.4, -0.2) is 74.0 Å². The first-order chi connectivity index (χ1) is 22.0. The molecule has 3 rings (SSSR count). The molecule has 1 aromatic carbocycles. The van der Waals surface area contributed by atoms with Gasteiger partial charge in [0.2, 0.25) is 0 Å². The number of benzene rings is 1. The quantitative estimate of drug-likeness (QED) is 0.125. The number of aromatic nitrogens is 3. The first-order valence-electron chi connectivity index (χ1n) is 13.7. The highest BCUT2D eigenvalue weighted by atomic mass is 19.4. The second kappa shape index (κ2) is 17.1. The highest BCUT2D eigenvalue weighted by Crippen LogP contribution is 2.25. The number of alkyl halides is 6. The lowest BCUT2D eigenvalue weighted by Gasteiger charge is -2.19. The van der Waals surface area contributed by atoms with Gasteiger partial charge in [0.25, 0.3) is 5.91 Å². The Balaban J connectivity index is 0.000000687. The van der Waals surface area contributed by atoms with E-state index in [9.17, 15) is 35.9 Å². The number of hydrogen-bond donors (Lipinski definition) is 6. The fourth-order valence-electron chi connectivity index (χ4n) is 3.57. The van der Waals surface area contributed by atoms with E-state index in [4.69, 9.17) is 29.3 Å². The van der Waals surface area contributed by atoms with Crippen molar-refractivity contribution in [3.05, 3.63) is 64.5 Å². The Hall–Kier alpha value is -5.23. The maximum Gasteiger partial charge on any atom is 0.490 e. The van der Waals surface area contributed by atoms with Crippen LogP contribution < -0.4 is 15.4 Å². The van der Waals surface area contributed by atoms with Crippen LogP contribution in [0.5, 0.6) is 5.75 Å². The summed E-state index contributed by atoms with van der Waals surface area (Å²) in [6.45, 7) is 9.77. The molecule has 6 N–H and O–H groups in total. The van der Waals surface area contributed by atoms with Crippen LogP contribution in [0.25, 0.3) is 0 Å². The number of carboxylic acids is 2. The van der Waals surface area contributed by atoms with Crippen molar-refractivity contribution in [2.45, 2.75) is 72.1 Å². The monoisotopic (exact) mass is 695 g/mol. The molecule has 3 aromatic rings. The lowest BCUT2D eigenvalue weighted by Crippen LogP contribution is -2.26. The van der Waals surface area contributed by atoms with E-state index in [1.54, 1.807) is 13.3 Å². The number of hydrogen-bond acceptors (Lipinski definition) is 8. The zero-order valence-electron chi connectivity index (χ0n) is 26.6.